The van der Waals surface area contributed by atoms with Gasteiger partial charge < -0.3 is 4.74 Å². The number of nitrogens with zero attached hydrogens (tertiary/aromatic N) is 2. The number of carbonyl (C=O) groups excluding carboxylic acids is 1. The maximum absolute atomic E-state index is 14.4. The lowest BCUT2D eigenvalue weighted by Gasteiger charge is -2.32. The fraction of sp³-hybridized carbons (Fsp3) is 0.429. The molecule has 0 bridgehead atoms. The summed E-state index contributed by atoms with van der Waals surface area (Å²) in [7, 11) is 0. The van der Waals surface area contributed by atoms with Crippen LogP contribution < -0.4 is 0 Å². The Hall–Kier alpha value is -2.61. The third-order valence-electron chi connectivity index (χ3n) is 4.90. The van der Waals surface area contributed by atoms with Gasteiger partial charge in [-0.3, -0.25) is 0 Å². The van der Waals surface area contributed by atoms with E-state index in [1.165, 1.54) is 4.68 Å². The van der Waals surface area contributed by atoms with Crippen molar-refractivity contribution in [1.29, 1.82) is 0 Å². The van der Waals surface area contributed by atoms with Crippen molar-refractivity contribution in [2.75, 3.05) is 0 Å². The summed E-state index contributed by atoms with van der Waals surface area (Å²) >= 11 is 0. The van der Waals surface area contributed by atoms with E-state index in [0.29, 0.717) is 12.8 Å². The number of carbonyl (C=O) groups is 1. The van der Waals surface area contributed by atoms with Crippen LogP contribution in [0.5, 0.6) is 0 Å². The van der Waals surface area contributed by atoms with Gasteiger partial charge in [0.1, 0.15) is 0 Å². The molecule has 0 spiro atoms. The summed E-state index contributed by atoms with van der Waals surface area (Å²) in [6.07, 6.45) is 5.43. The van der Waals surface area contributed by atoms with Gasteiger partial charge in [0.2, 0.25) is 0 Å². The van der Waals surface area contributed by atoms with Crippen LogP contribution in [0.25, 0.3) is 0 Å². The molecule has 0 unspecified atom stereocenters. The molecular weight excluding hydrogens is 331 g/mol. The predicted octanol–water partition coefficient (Wildman–Crippen LogP) is 4.51. The normalized spacial score (nSPS) is 17.0. The molecule has 1 heterocycles. The maximum Gasteiger partial charge on any atom is 0.361 e. The third kappa shape index (κ3) is 3.65. The van der Waals surface area contributed by atoms with Crippen molar-refractivity contribution in [1.82, 2.24) is 9.78 Å². The van der Waals surface area contributed by atoms with E-state index in [9.17, 15) is 9.18 Å². The van der Waals surface area contributed by atoms with Gasteiger partial charge in [0.05, 0.1) is 12.2 Å². The molecule has 4 nitrogen and oxygen atoms in total. The molecule has 1 aliphatic carbocycles. The lowest BCUT2D eigenvalue weighted by atomic mass is 9.85. The molecule has 0 N–H and O–H groups in total. The highest BCUT2D eigenvalue weighted by atomic mass is 19.1. The molecule has 136 valence electrons. The molecule has 0 amide bonds. The Bertz CT molecular complexity index is 827. The highest BCUT2D eigenvalue weighted by molar-refractivity contribution is 5.88. The Morgan fingerprint density at radius 2 is 1.96 bits per heavy atom. The summed E-state index contributed by atoms with van der Waals surface area (Å²) in [6.45, 7) is 3.60. The van der Waals surface area contributed by atoms with E-state index in [1.54, 1.807) is 6.92 Å². The number of hydrogen-bond acceptors (Lipinski definition) is 3. The Morgan fingerprint density at radius 1 is 1.27 bits per heavy atom. The van der Waals surface area contributed by atoms with Gasteiger partial charge in [-0.2, -0.15) is 5.10 Å². The summed E-state index contributed by atoms with van der Waals surface area (Å²) in [5.74, 6) is 4.53. The first kappa shape index (κ1) is 18.2. The van der Waals surface area contributed by atoms with Crippen molar-refractivity contribution >= 4 is 5.97 Å². The van der Waals surface area contributed by atoms with E-state index >= 15 is 0 Å². The molecule has 1 saturated carbocycles. The quantitative estimate of drug-likeness (QED) is 0.599. The van der Waals surface area contributed by atoms with Crippen LogP contribution in [0.1, 0.15) is 68.0 Å². The monoisotopic (exact) mass is 354 g/mol. The van der Waals surface area contributed by atoms with E-state index in [4.69, 9.17) is 4.74 Å². The van der Waals surface area contributed by atoms with Gasteiger partial charge in [0.25, 0.3) is 0 Å². The van der Waals surface area contributed by atoms with Crippen molar-refractivity contribution in [3.05, 3.63) is 53.6 Å². The summed E-state index contributed by atoms with van der Waals surface area (Å²) in [6, 6.07) is 9.26. The number of esters is 1. The van der Waals surface area contributed by atoms with Gasteiger partial charge in [-0.25, -0.2) is 13.9 Å². The molecule has 1 aromatic carbocycles. The van der Waals surface area contributed by atoms with Crippen LogP contribution in [0.15, 0.2) is 36.5 Å². The maximum atomic E-state index is 14.4. The zero-order chi connectivity index (χ0) is 18.6. The minimum atomic E-state index is -0.818. The average molecular weight is 354 g/mol. The van der Waals surface area contributed by atoms with Gasteiger partial charge in [-0.1, -0.05) is 42.7 Å². The SMILES string of the molecule is CC#CC1(OC(=O)c2c(F)cnn2[C@H](C)c2ccccc2)CCCCC1. The van der Waals surface area contributed by atoms with E-state index in [-0.39, 0.29) is 11.7 Å². The molecule has 1 aliphatic rings. The molecule has 26 heavy (non-hydrogen) atoms. The Balaban J connectivity index is 1.90. The molecule has 3 rings (SSSR count). The van der Waals surface area contributed by atoms with Crippen molar-refractivity contribution in [3.63, 3.8) is 0 Å². The Labute approximate surface area is 153 Å². The zero-order valence-electron chi connectivity index (χ0n) is 15.2. The van der Waals surface area contributed by atoms with Crippen molar-refractivity contribution < 1.29 is 13.9 Å². The average Bonchev–Trinajstić information content (AvgIpc) is 3.04. The fourth-order valence-electron chi connectivity index (χ4n) is 3.53. The Kier molecular flexibility index (Phi) is 5.41. The molecule has 0 saturated heterocycles. The van der Waals surface area contributed by atoms with Crippen LogP contribution in [0.2, 0.25) is 0 Å². The second kappa shape index (κ2) is 7.74. The van der Waals surface area contributed by atoms with Crippen LogP contribution in [-0.2, 0) is 4.74 Å². The predicted molar refractivity (Wildman–Crippen MR) is 97.1 cm³/mol. The minimum Gasteiger partial charge on any atom is -0.441 e. The van der Waals surface area contributed by atoms with Gasteiger partial charge >= 0.3 is 5.97 Å². The minimum absolute atomic E-state index is 0.149. The topological polar surface area (TPSA) is 44.1 Å². The number of rotatable bonds is 4. The first-order valence-corrected chi connectivity index (χ1v) is 9.01. The number of ether oxygens (including phenoxy) is 1. The number of aromatic nitrogens is 2. The standard InChI is InChI=1S/C21H23FN2O2/c1-3-12-21(13-8-5-9-14-21)26-20(25)19-18(22)15-23-24(19)16(2)17-10-6-4-7-11-17/h4,6-7,10-11,15-16H,5,8-9,13-14H2,1-2H3/t16-/m1/s1. The van der Waals surface area contributed by atoms with Gasteiger partial charge in [0, 0.05) is 0 Å². The van der Waals surface area contributed by atoms with Crippen molar-refractivity contribution in [2.24, 2.45) is 0 Å². The molecule has 1 atom stereocenters. The van der Waals surface area contributed by atoms with Gasteiger partial charge in [-0.15, -0.1) is 5.92 Å². The molecular formula is C21H23FN2O2. The fourth-order valence-corrected chi connectivity index (χ4v) is 3.53. The third-order valence-corrected chi connectivity index (χ3v) is 4.90. The van der Waals surface area contributed by atoms with Crippen molar-refractivity contribution in [2.45, 2.75) is 57.6 Å². The molecule has 1 aromatic heterocycles. The first-order valence-electron chi connectivity index (χ1n) is 9.01. The van der Waals surface area contributed by atoms with E-state index in [1.807, 2.05) is 37.3 Å². The van der Waals surface area contributed by atoms with Gasteiger partial charge in [-0.05, 0) is 45.1 Å². The second-order valence-corrected chi connectivity index (χ2v) is 6.69. The summed E-state index contributed by atoms with van der Waals surface area (Å²) in [5.41, 5.74) is -0.0312. The molecule has 1 fully saturated rings. The molecule has 0 radical (unpaired) electrons. The van der Waals surface area contributed by atoms with E-state index in [0.717, 1.165) is 31.0 Å². The smallest absolute Gasteiger partial charge is 0.361 e. The van der Waals surface area contributed by atoms with E-state index in [2.05, 4.69) is 16.9 Å². The van der Waals surface area contributed by atoms with Crippen LogP contribution in [0.4, 0.5) is 4.39 Å². The largest absolute Gasteiger partial charge is 0.441 e. The summed E-state index contributed by atoms with van der Waals surface area (Å²) in [4.78, 5) is 12.8. The summed E-state index contributed by atoms with van der Waals surface area (Å²) in [5, 5.41) is 4.08. The van der Waals surface area contributed by atoms with Crippen LogP contribution >= 0.6 is 0 Å². The zero-order valence-corrected chi connectivity index (χ0v) is 15.2. The second-order valence-electron chi connectivity index (χ2n) is 6.69. The van der Waals surface area contributed by atoms with Gasteiger partial charge in [0.15, 0.2) is 17.1 Å². The lowest BCUT2D eigenvalue weighted by Crippen LogP contribution is -2.37. The Morgan fingerprint density at radius 3 is 2.62 bits per heavy atom. The highest BCUT2D eigenvalue weighted by Crippen LogP contribution is 2.32. The molecule has 2 aromatic rings. The molecule has 0 aliphatic heterocycles. The van der Waals surface area contributed by atoms with Crippen LogP contribution in [-0.4, -0.2) is 21.4 Å². The highest BCUT2D eigenvalue weighted by Gasteiger charge is 2.36. The summed E-state index contributed by atoms with van der Waals surface area (Å²) < 4.78 is 21.5. The lowest BCUT2D eigenvalue weighted by molar-refractivity contribution is -0.00848. The number of halogens is 1. The number of hydrogen-bond donors (Lipinski definition) is 0. The first-order chi connectivity index (χ1) is 12.6. The van der Waals surface area contributed by atoms with E-state index < -0.39 is 17.4 Å². The van der Waals surface area contributed by atoms with Crippen LogP contribution in [0, 0.1) is 17.7 Å². The van der Waals surface area contributed by atoms with Crippen LogP contribution in [0.3, 0.4) is 0 Å². The number of benzene rings is 1. The van der Waals surface area contributed by atoms with Crippen molar-refractivity contribution in [3.8, 4) is 11.8 Å². The molecule has 5 heteroatoms.